The minimum Gasteiger partial charge on any atom is -0.349 e. The molecule has 1 saturated carbocycles. The number of amides is 2. The number of carbonyl (C=O) groups excluding carboxylic acids is 2. The molecule has 2 amide bonds. The number of anilines is 2. The molecular formula is C24H29N3O4S. The van der Waals surface area contributed by atoms with Crippen LogP contribution in [0.3, 0.4) is 0 Å². The number of nitrogens with zero attached hydrogens (tertiary/aromatic N) is 1. The SMILES string of the molecule is Cc1cc(S(=O)(=O)Nc2ccccc2C(=O)NC2CCCCC2)ccc1N1CCCC1=O. The van der Waals surface area contributed by atoms with Crippen LogP contribution in [0.4, 0.5) is 11.4 Å². The van der Waals surface area contributed by atoms with Gasteiger partial charge >= 0.3 is 0 Å². The van der Waals surface area contributed by atoms with E-state index in [4.69, 9.17) is 0 Å². The Hall–Kier alpha value is -2.87. The van der Waals surface area contributed by atoms with Gasteiger partial charge in [0.2, 0.25) is 5.91 Å². The number of hydrogen-bond acceptors (Lipinski definition) is 4. The first-order valence-corrected chi connectivity index (χ1v) is 12.7. The molecule has 1 heterocycles. The van der Waals surface area contributed by atoms with Crippen LogP contribution in [-0.4, -0.2) is 32.8 Å². The van der Waals surface area contributed by atoms with E-state index < -0.39 is 10.0 Å². The fourth-order valence-electron chi connectivity index (χ4n) is 4.48. The van der Waals surface area contributed by atoms with Crippen molar-refractivity contribution >= 4 is 33.2 Å². The third kappa shape index (κ3) is 4.80. The third-order valence-electron chi connectivity index (χ3n) is 6.20. The number of nitrogens with one attached hydrogen (secondary N) is 2. The molecule has 32 heavy (non-hydrogen) atoms. The maximum atomic E-state index is 13.1. The van der Waals surface area contributed by atoms with E-state index in [1.807, 2.05) is 0 Å². The van der Waals surface area contributed by atoms with Crippen molar-refractivity contribution in [1.29, 1.82) is 0 Å². The van der Waals surface area contributed by atoms with Crippen LogP contribution < -0.4 is 14.9 Å². The molecule has 0 bridgehead atoms. The van der Waals surface area contributed by atoms with Crippen molar-refractivity contribution in [3.63, 3.8) is 0 Å². The van der Waals surface area contributed by atoms with Crippen molar-refractivity contribution in [2.24, 2.45) is 0 Å². The summed E-state index contributed by atoms with van der Waals surface area (Å²) >= 11 is 0. The molecule has 2 aromatic rings. The molecule has 0 radical (unpaired) electrons. The summed E-state index contributed by atoms with van der Waals surface area (Å²) in [6, 6.07) is 11.5. The van der Waals surface area contributed by atoms with Gasteiger partial charge in [-0.2, -0.15) is 0 Å². The molecule has 2 fully saturated rings. The standard InChI is InChI=1S/C24H29N3O4S/c1-17-16-19(13-14-22(17)27-15-7-12-23(27)28)32(30,31)26-21-11-6-5-10-20(21)24(29)25-18-8-3-2-4-9-18/h5-6,10-11,13-14,16,18,26H,2-4,7-9,12,15H2,1H3,(H,25,29). The van der Waals surface area contributed by atoms with Gasteiger partial charge in [0.05, 0.1) is 16.1 Å². The van der Waals surface area contributed by atoms with Crippen molar-refractivity contribution in [2.45, 2.75) is 62.8 Å². The highest BCUT2D eigenvalue weighted by molar-refractivity contribution is 7.92. The van der Waals surface area contributed by atoms with E-state index in [1.165, 1.54) is 12.5 Å². The maximum absolute atomic E-state index is 13.1. The molecule has 4 rings (SSSR count). The first-order valence-electron chi connectivity index (χ1n) is 11.2. The van der Waals surface area contributed by atoms with E-state index in [9.17, 15) is 18.0 Å². The lowest BCUT2D eigenvalue weighted by atomic mass is 9.95. The molecule has 8 heteroatoms. The summed E-state index contributed by atoms with van der Waals surface area (Å²) in [5, 5.41) is 3.04. The Kier molecular flexibility index (Phi) is 6.50. The highest BCUT2D eigenvalue weighted by Crippen LogP contribution is 2.28. The summed E-state index contributed by atoms with van der Waals surface area (Å²) in [7, 11) is -3.91. The predicted molar refractivity (Wildman–Crippen MR) is 124 cm³/mol. The number of para-hydroxylation sites is 1. The van der Waals surface area contributed by atoms with Gasteiger partial charge in [-0.3, -0.25) is 14.3 Å². The Morgan fingerprint density at radius 2 is 1.78 bits per heavy atom. The molecule has 2 N–H and O–H groups in total. The van der Waals surface area contributed by atoms with E-state index in [-0.39, 0.29) is 28.4 Å². The van der Waals surface area contributed by atoms with Crippen molar-refractivity contribution in [3.05, 3.63) is 53.6 Å². The van der Waals surface area contributed by atoms with E-state index in [0.29, 0.717) is 24.1 Å². The van der Waals surface area contributed by atoms with Crippen molar-refractivity contribution in [2.75, 3.05) is 16.2 Å². The molecule has 2 aliphatic rings. The van der Waals surface area contributed by atoms with Gasteiger partial charge in [-0.1, -0.05) is 31.4 Å². The normalized spacial score (nSPS) is 17.4. The van der Waals surface area contributed by atoms with Gasteiger partial charge in [-0.05, 0) is 62.1 Å². The molecule has 1 saturated heterocycles. The molecular weight excluding hydrogens is 426 g/mol. The first-order chi connectivity index (χ1) is 15.3. The van der Waals surface area contributed by atoms with E-state index in [1.54, 1.807) is 48.2 Å². The summed E-state index contributed by atoms with van der Waals surface area (Å²) in [5.41, 5.74) is 2.00. The second kappa shape index (κ2) is 9.32. The molecule has 7 nitrogen and oxygen atoms in total. The summed E-state index contributed by atoms with van der Waals surface area (Å²) < 4.78 is 28.8. The summed E-state index contributed by atoms with van der Waals surface area (Å²) in [6.07, 6.45) is 6.60. The number of hydrogen-bond donors (Lipinski definition) is 2. The minimum absolute atomic E-state index is 0.0553. The largest absolute Gasteiger partial charge is 0.349 e. The smallest absolute Gasteiger partial charge is 0.261 e. The number of benzene rings is 2. The monoisotopic (exact) mass is 455 g/mol. The Bertz CT molecular complexity index is 1120. The van der Waals surface area contributed by atoms with Gasteiger partial charge in [-0.25, -0.2) is 8.42 Å². The topological polar surface area (TPSA) is 95.6 Å². The highest BCUT2D eigenvalue weighted by Gasteiger charge is 2.25. The van der Waals surface area contributed by atoms with Crippen LogP contribution in [0.25, 0.3) is 0 Å². The van der Waals surface area contributed by atoms with Crippen LogP contribution in [0.1, 0.15) is 60.9 Å². The summed E-state index contributed by atoms with van der Waals surface area (Å²) in [6.45, 7) is 2.44. The van der Waals surface area contributed by atoms with E-state index in [2.05, 4.69) is 10.0 Å². The zero-order valence-corrected chi connectivity index (χ0v) is 19.1. The van der Waals surface area contributed by atoms with Crippen LogP contribution >= 0.6 is 0 Å². The molecule has 0 spiro atoms. The average molecular weight is 456 g/mol. The number of aryl methyl sites for hydroxylation is 1. The molecule has 0 aromatic heterocycles. The molecule has 1 aliphatic carbocycles. The van der Waals surface area contributed by atoms with Crippen molar-refractivity contribution < 1.29 is 18.0 Å². The van der Waals surface area contributed by atoms with Crippen molar-refractivity contribution in [1.82, 2.24) is 5.32 Å². The van der Waals surface area contributed by atoms with E-state index >= 15 is 0 Å². The Morgan fingerprint density at radius 3 is 2.47 bits per heavy atom. The van der Waals surface area contributed by atoms with E-state index in [0.717, 1.165) is 37.8 Å². The van der Waals surface area contributed by atoms with Gasteiger partial charge in [0.1, 0.15) is 0 Å². The summed E-state index contributed by atoms with van der Waals surface area (Å²) in [4.78, 5) is 26.7. The zero-order chi connectivity index (χ0) is 22.7. The fourth-order valence-corrected chi connectivity index (χ4v) is 5.65. The van der Waals surface area contributed by atoms with Crippen LogP contribution in [0.15, 0.2) is 47.4 Å². The lowest BCUT2D eigenvalue weighted by Gasteiger charge is -2.23. The number of rotatable bonds is 6. The lowest BCUT2D eigenvalue weighted by Crippen LogP contribution is -2.36. The van der Waals surface area contributed by atoms with Gasteiger partial charge in [-0.15, -0.1) is 0 Å². The third-order valence-corrected chi connectivity index (χ3v) is 7.56. The zero-order valence-electron chi connectivity index (χ0n) is 18.3. The summed E-state index contributed by atoms with van der Waals surface area (Å²) in [5.74, 6) is -0.214. The van der Waals surface area contributed by atoms with Crippen LogP contribution in [0, 0.1) is 6.92 Å². The van der Waals surface area contributed by atoms with Gasteiger partial charge in [0.25, 0.3) is 15.9 Å². The fraction of sp³-hybridized carbons (Fsp3) is 0.417. The molecule has 170 valence electrons. The molecule has 2 aromatic carbocycles. The van der Waals surface area contributed by atoms with Crippen LogP contribution in [0.5, 0.6) is 0 Å². The maximum Gasteiger partial charge on any atom is 0.261 e. The Balaban J connectivity index is 1.54. The molecule has 0 atom stereocenters. The lowest BCUT2D eigenvalue weighted by molar-refractivity contribution is -0.117. The second-order valence-corrected chi connectivity index (χ2v) is 10.2. The minimum atomic E-state index is -3.91. The van der Waals surface area contributed by atoms with Crippen LogP contribution in [0.2, 0.25) is 0 Å². The van der Waals surface area contributed by atoms with Gasteiger partial charge in [0, 0.05) is 24.7 Å². The first kappa shape index (κ1) is 22.3. The number of carbonyl (C=O) groups is 2. The molecule has 0 unspecified atom stereocenters. The molecule has 1 aliphatic heterocycles. The highest BCUT2D eigenvalue weighted by atomic mass is 32.2. The quantitative estimate of drug-likeness (QED) is 0.689. The van der Waals surface area contributed by atoms with Crippen molar-refractivity contribution in [3.8, 4) is 0 Å². The van der Waals surface area contributed by atoms with Gasteiger partial charge in [0.15, 0.2) is 0 Å². The van der Waals surface area contributed by atoms with Gasteiger partial charge < -0.3 is 10.2 Å². The number of sulfonamides is 1. The second-order valence-electron chi connectivity index (χ2n) is 8.56. The predicted octanol–water partition coefficient (Wildman–Crippen LogP) is 3.99. The average Bonchev–Trinajstić information content (AvgIpc) is 3.20. The Morgan fingerprint density at radius 1 is 1.03 bits per heavy atom. The van der Waals surface area contributed by atoms with Crippen LogP contribution in [-0.2, 0) is 14.8 Å². The Labute approximate surface area is 189 Å².